The summed E-state index contributed by atoms with van der Waals surface area (Å²) in [5.41, 5.74) is 0.711. The van der Waals surface area contributed by atoms with Gasteiger partial charge in [0, 0.05) is 18.1 Å². The maximum Gasteiger partial charge on any atom is 0.242 e. The summed E-state index contributed by atoms with van der Waals surface area (Å²) in [4.78, 5) is 0.0902. The van der Waals surface area contributed by atoms with E-state index in [0.29, 0.717) is 29.6 Å². The smallest absolute Gasteiger partial charge is 0.242 e. The molecule has 1 aromatic carbocycles. The Morgan fingerprint density at radius 3 is 2.52 bits per heavy atom. The van der Waals surface area contributed by atoms with Crippen molar-refractivity contribution in [2.75, 3.05) is 13.6 Å². The highest BCUT2D eigenvalue weighted by Gasteiger charge is 2.22. The second kappa shape index (κ2) is 7.29. The van der Waals surface area contributed by atoms with Gasteiger partial charge in [0.05, 0.1) is 5.02 Å². The van der Waals surface area contributed by atoms with Gasteiger partial charge in [0.15, 0.2) is 0 Å². The van der Waals surface area contributed by atoms with Crippen LogP contribution in [0.15, 0.2) is 17.0 Å². The standard InChI is InChI=1S/C14H20Cl2N2O2S/c1-17-9-11-7-14(13(16)8-12(11)15)21(19,20)18-6-5-10-3-2-4-10/h7-8,10,17-18H,2-6,9H2,1H3. The predicted molar refractivity (Wildman–Crippen MR) is 86.4 cm³/mol. The Balaban J connectivity index is 2.11. The molecule has 2 rings (SSSR count). The zero-order valence-electron chi connectivity index (χ0n) is 12.0. The highest BCUT2D eigenvalue weighted by atomic mass is 35.5. The highest BCUT2D eigenvalue weighted by Crippen LogP contribution is 2.30. The van der Waals surface area contributed by atoms with E-state index in [4.69, 9.17) is 23.2 Å². The van der Waals surface area contributed by atoms with E-state index in [1.54, 1.807) is 7.05 Å². The molecule has 0 aliphatic heterocycles. The van der Waals surface area contributed by atoms with Gasteiger partial charge in [-0.25, -0.2) is 13.1 Å². The molecule has 7 heteroatoms. The molecule has 0 radical (unpaired) electrons. The minimum atomic E-state index is -3.60. The quantitative estimate of drug-likeness (QED) is 0.793. The van der Waals surface area contributed by atoms with Crippen LogP contribution in [-0.4, -0.2) is 22.0 Å². The van der Waals surface area contributed by atoms with Crippen molar-refractivity contribution < 1.29 is 8.42 Å². The molecule has 118 valence electrons. The predicted octanol–water partition coefficient (Wildman–Crippen LogP) is 3.18. The number of rotatable bonds is 7. The Bertz CT molecular complexity index is 601. The fraction of sp³-hybridized carbons (Fsp3) is 0.571. The van der Waals surface area contributed by atoms with Gasteiger partial charge in [-0.2, -0.15) is 0 Å². The number of hydrogen-bond donors (Lipinski definition) is 2. The number of sulfonamides is 1. The molecule has 1 fully saturated rings. The van der Waals surface area contributed by atoms with Gasteiger partial charge in [0.2, 0.25) is 10.0 Å². The van der Waals surface area contributed by atoms with Crippen molar-refractivity contribution in [3.05, 3.63) is 27.7 Å². The molecule has 1 aromatic rings. The van der Waals surface area contributed by atoms with E-state index in [1.165, 1.54) is 31.4 Å². The van der Waals surface area contributed by atoms with E-state index >= 15 is 0 Å². The van der Waals surface area contributed by atoms with Gasteiger partial charge in [0.25, 0.3) is 0 Å². The summed E-state index contributed by atoms with van der Waals surface area (Å²) in [6, 6.07) is 3.02. The molecule has 1 saturated carbocycles. The van der Waals surface area contributed by atoms with Crippen molar-refractivity contribution in [2.24, 2.45) is 5.92 Å². The first-order chi connectivity index (χ1) is 9.94. The molecule has 21 heavy (non-hydrogen) atoms. The van der Waals surface area contributed by atoms with Crippen LogP contribution in [0.5, 0.6) is 0 Å². The number of hydrogen-bond acceptors (Lipinski definition) is 3. The van der Waals surface area contributed by atoms with E-state index in [0.717, 1.165) is 6.42 Å². The van der Waals surface area contributed by atoms with Crippen molar-refractivity contribution >= 4 is 33.2 Å². The Morgan fingerprint density at radius 2 is 1.95 bits per heavy atom. The molecular formula is C14H20Cl2N2O2S. The van der Waals surface area contributed by atoms with Gasteiger partial charge in [-0.15, -0.1) is 0 Å². The normalized spacial score (nSPS) is 16.0. The lowest BCUT2D eigenvalue weighted by molar-refractivity contribution is 0.297. The topological polar surface area (TPSA) is 58.2 Å². The molecule has 1 aliphatic carbocycles. The average molecular weight is 351 g/mol. The summed E-state index contributed by atoms with van der Waals surface area (Å²) < 4.78 is 27.3. The van der Waals surface area contributed by atoms with Gasteiger partial charge in [-0.3, -0.25) is 0 Å². The average Bonchev–Trinajstić information content (AvgIpc) is 2.35. The zero-order valence-corrected chi connectivity index (χ0v) is 14.3. The summed E-state index contributed by atoms with van der Waals surface area (Å²) in [6.45, 7) is 0.938. The molecule has 0 heterocycles. The van der Waals surface area contributed by atoms with E-state index in [-0.39, 0.29) is 9.92 Å². The van der Waals surface area contributed by atoms with Gasteiger partial charge in [0.1, 0.15) is 4.90 Å². The first-order valence-electron chi connectivity index (χ1n) is 7.06. The van der Waals surface area contributed by atoms with Crippen LogP contribution in [0.4, 0.5) is 0 Å². The third-order valence-electron chi connectivity index (χ3n) is 3.83. The van der Waals surface area contributed by atoms with E-state index in [2.05, 4.69) is 10.0 Å². The molecular weight excluding hydrogens is 331 g/mol. The molecule has 0 saturated heterocycles. The molecule has 0 amide bonds. The molecule has 0 atom stereocenters. The Kier molecular flexibility index (Phi) is 5.91. The molecule has 0 spiro atoms. The summed E-state index contributed by atoms with van der Waals surface area (Å²) >= 11 is 12.1. The van der Waals surface area contributed by atoms with Crippen LogP contribution in [0, 0.1) is 5.92 Å². The second-order valence-electron chi connectivity index (χ2n) is 5.39. The maximum atomic E-state index is 12.3. The minimum absolute atomic E-state index is 0.0902. The highest BCUT2D eigenvalue weighted by molar-refractivity contribution is 7.89. The van der Waals surface area contributed by atoms with Crippen LogP contribution in [0.3, 0.4) is 0 Å². The third kappa shape index (κ3) is 4.33. The Morgan fingerprint density at radius 1 is 1.24 bits per heavy atom. The van der Waals surface area contributed by atoms with Crippen molar-refractivity contribution in [3.63, 3.8) is 0 Å². The maximum absolute atomic E-state index is 12.3. The van der Waals surface area contributed by atoms with Crippen molar-refractivity contribution in [1.29, 1.82) is 0 Å². The van der Waals surface area contributed by atoms with Crippen molar-refractivity contribution in [1.82, 2.24) is 10.0 Å². The number of nitrogens with one attached hydrogen (secondary N) is 2. The minimum Gasteiger partial charge on any atom is -0.316 e. The molecule has 4 nitrogen and oxygen atoms in total. The molecule has 0 aromatic heterocycles. The van der Waals surface area contributed by atoms with E-state index < -0.39 is 10.0 Å². The van der Waals surface area contributed by atoms with Gasteiger partial charge < -0.3 is 5.32 Å². The van der Waals surface area contributed by atoms with Crippen LogP contribution in [0.1, 0.15) is 31.2 Å². The van der Waals surface area contributed by atoms with Crippen LogP contribution in [-0.2, 0) is 16.6 Å². The van der Waals surface area contributed by atoms with Crippen LogP contribution in [0.25, 0.3) is 0 Å². The lowest BCUT2D eigenvalue weighted by Crippen LogP contribution is -2.28. The second-order valence-corrected chi connectivity index (χ2v) is 7.94. The van der Waals surface area contributed by atoms with E-state index in [9.17, 15) is 8.42 Å². The lowest BCUT2D eigenvalue weighted by Gasteiger charge is -2.25. The molecule has 0 bridgehead atoms. The monoisotopic (exact) mass is 350 g/mol. The summed E-state index contributed by atoms with van der Waals surface area (Å²) in [5, 5.41) is 3.56. The van der Waals surface area contributed by atoms with Crippen LogP contribution in [0.2, 0.25) is 10.0 Å². The summed E-state index contributed by atoms with van der Waals surface area (Å²) in [5.74, 6) is 0.660. The zero-order chi connectivity index (χ0) is 15.5. The van der Waals surface area contributed by atoms with Gasteiger partial charge in [-0.05, 0) is 37.1 Å². The third-order valence-corrected chi connectivity index (χ3v) is 6.10. The van der Waals surface area contributed by atoms with Crippen LogP contribution >= 0.6 is 23.2 Å². The summed E-state index contributed by atoms with van der Waals surface area (Å²) in [7, 11) is -1.82. The fourth-order valence-electron chi connectivity index (χ4n) is 2.36. The van der Waals surface area contributed by atoms with Crippen molar-refractivity contribution in [2.45, 2.75) is 37.1 Å². The Hall–Kier alpha value is -0.330. The molecule has 0 unspecified atom stereocenters. The SMILES string of the molecule is CNCc1cc(S(=O)(=O)NCCC2CCC2)c(Cl)cc1Cl. The van der Waals surface area contributed by atoms with E-state index in [1.807, 2.05) is 0 Å². The van der Waals surface area contributed by atoms with Gasteiger partial charge >= 0.3 is 0 Å². The van der Waals surface area contributed by atoms with Crippen LogP contribution < -0.4 is 10.0 Å². The lowest BCUT2D eigenvalue weighted by atomic mass is 9.83. The molecule has 1 aliphatic rings. The van der Waals surface area contributed by atoms with Gasteiger partial charge in [-0.1, -0.05) is 42.5 Å². The molecule has 2 N–H and O–H groups in total. The Labute approximate surface area is 136 Å². The fourth-order valence-corrected chi connectivity index (χ4v) is 4.27. The summed E-state index contributed by atoms with van der Waals surface area (Å²) in [6.07, 6.45) is 4.55. The number of benzene rings is 1. The number of halogens is 2. The largest absolute Gasteiger partial charge is 0.316 e. The first kappa shape index (κ1) is 17.0. The van der Waals surface area contributed by atoms with Crippen molar-refractivity contribution in [3.8, 4) is 0 Å². The first-order valence-corrected chi connectivity index (χ1v) is 9.30.